The van der Waals surface area contributed by atoms with Crippen LogP contribution in [-0.2, 0) is 6.42 Å². The van der Waals surface area contributed by atoms with E-state index in [-0.39, 0.29) is 0 Å². The molecule has 0 aliphatic rings. The fourth-order valence-electron chi connectivity index (χ4n) is 1.39. The van der Waals surface area contributed by atoms with Gasteiger partial charge in [0.1, 0.15) is 18.0 Å². The molecule has 2 N–H and O–H groups in total. The lowest BCUT2D eigenvalue weighted by Gasteiger charge is -2.05. The Morgan fingerprint density at radius 3 is 2.82 bits per heavy atom. The molecule has 0 saturated heterocycles. The van der Waals surface area contributed by atoms with E-state index >= 15 is 0 Å². The molecule has 0 atom stereocenters. The Hall–Kier alpha value is -1.33. The molecule has 90 valence electrons. The average molecular weight is 269 g/mol. The molecule has 2 heterocycles. The maximum Gasteiger partial charge on any atom is 0.131 e. The molecule has 0 aromatic carbocycles. The lowest BCUT2D eigenvalue weighted by Crippen LogP contribution is -2.06. The van der Waals surface area contributed by atoms with Crippen LogP contribution in [0.4, 0.5) is 11.6 Å². The number of hydrogen-bond donors (Lipinski definition) is 2. The number of halogens is 1. The third-order valence-electron chi connectivity index (χ3n) is 2.23. The van der Waals surface area contributed by atoms with Gasteiger partial charge in [0.25, 0.3) is 0 Å². The second kappa shape index (κ2) is 5.84. The molecule has 0 amide bonds. The fourth-order valence-corrected chi connectivity index (χ4v) is 2.48. The van der Waals surface area contributed by atoms with Crippen LogP contribution in [0.1, 0.15) is 4.88 Å². The van der Waals surface area contributed by atoms with Gasteiger partial charge in [-0.2, -0.15) is 0 Å². The van der Waals surface area contributed by atoms with Crippen molar-refractivity contribution in [2.24, 2.45) is 0 Å². The zero-order chi connectivity index (χ0) is 12.1. The highest BCUT2D eigenvalue weighted by Gasteiger charge is 1.99. The van der Waals surface area contributed by atoms with E-state index in [2.05, 4.69) is 20.6 Å². The summed E-state index contributed by atoms with van der Waals surface area (Å²) in [4.78, 5) is 9.46. The SMILES string of the molecule is CNc1cc(NCCc2ccc(Cl)s2)ncn1. The first kappa shape index (κ1) is 12.1. The van der Waals surface area contributed by atoms with Crippen molar-refractivity contribution in [3.05, 3.63) is 33.7 Å². The first-order valence-corrected chi connectivity index (χ1v) is 6.45. The number of rotatable bonds is 5. The Labute approximate surface area is 109 Å². The number of nitrogens with zero attached hydrogens (tertiary/aromatic N) is 2. The van der Waals surface area contributed by atoms with Gasteiger partial charge in [-0.15, -0.1) is 11.3 Å². The number of anilines is 2. The van der Waals surface area contributed by atoms with Gasteiger partial charge >= 0.3 is 0 Å². The molecule has 0 unspecified atom stereocenters. The van der Waals surface area contributed by atoms with Crippen LogP contribution >= 0.6 is 22.9 Å². The highest BCUT2D eigenvalue weighted by molar-refractivity contribution is 7.16. The van der Waals surface area contributed by atoms with Gasteiger partial charge in [-0.1, -0.05) is 11.6 Å². The van der Waals surface area contributed by atoms with Gasteiger partial charge in [-0.25, -0.2) is 9.97 Å². The van der Waals surface area contributed by atoms with Gasteiger partial charge in [-0.05, 0) is 18.6 Å². The predicted molar refractivity (Wildman–Crippen MR) is 73.1 cm³/mol. The summed E-state index contributed by atoms with van der Waals surface area (Å²) in [6, 6.07) is 5.85. The third kappa shape index (κ3) is 3.57. The van der Waals surface area contributed by atoms with Crippen LogP contribution in [-0.4, -0.2) is 23.6 Å². The molecule has 2 rings (SSSR count). The number of thiophene rings is 1. The summed E-state index contributed by atoms with van der Waals surface area (Å²) in [6.07, 6.45) is 2.48. The van der Waals surface area contributed by atoms with Crippen molar-refractivity contribution in [3.63, 3.8) is 0 Å². The van der Waals surface area contributed by atoms with Crippen LogP contribution in [0.5, 0.6) is 0 Å². The number of hydrogen-bond acceptors (Lipinski definition) is 5. The first-order chi connectivity index (χ1) is 8.28. The molecular formula is C11H13ClN4S. The summed E-state index contributed by atoms with van der Waals surface area (Å²) in [5, 5.41) is 6.22. The number of aromatic nitrogens is 2. The van der Waals surface area contributed by atoms with Gasteiger partial charge in [0.2, 0.25) is 0 Å². The zero-order valence-corrected chi connectivity index (χ0v) is 11.0. The molecule has 0 aliphatic carbocycles. The van der Waals surface area contributed by atoms with Crippen LogP contribution in [0.25, 0.3) is 0 Å². The molecule has 0 aliphatic heterocycles. The zero-order valence-electron chi connectivity index (χ0n) is 9.40. The molecule has 4 nitrogen and oxygen atoms in total. The largest absolute Gasteiger partial charge is 0.373 e. The normalized spacial score (nSPS) is 10.2. The van der Waals surface area contributed by atoms with Crippen molar-refractivity contribution in [2.45, 2.75) is 6.42 Å². The molecule has 0 spiro atoms. The van der Waals surface area contributed by atoms with E-state index in [9.17, 15) is 0 Å². The molecule has 6 heteroatoms. The Balaban J connectivity index is 1.85. The minimum Gasteiger partial charge on any atom is -0.373 e. The smallest absolute Gasteiger partial charge is 0.131 e. The first-order valence-electron chi connectivity index (χ1n) is 5.26. The van der Waals surface area contributed by atoms with Crippen LogP contribution in [0.3, 0.4) is 0 Å². The summed E-state index contributed by atoms with van der Waals surface area (Å²) >= 11 is 7.48. The van der Waals surface area contributed by atoms with Crippen LogP contribution in [0, 0.1) is 0 Å². The molecule has 0 bridgehead atoms. The Morgan fingerprint density at radius 2 is 2.12 bits per heavy atom. The Morgan fingerprint density at radius 1 is 1.29 bits per heavy atom. The minimum atomic E-state index is 0.807. The quantitative estimate of drug-likeness (QED) is 0.876. The minimum absolute atomic E-state index is 0.807. The summed E-state index contributed by atoms with van der Waals surface area (Å²) in [5.74, 6) is 1.63. The van der Waals surface area contributed by atoms with Crippen molar-refractivity contribution < 1.29 is 0 Å². The third-order valence-corrected chi connectivity index (χ3v) is 3.52. The van der Waals surface area contributed by atoms with Gasteiger partial charge in [-0.3, -0.25) is 0 Å². The van der Waals surface area contributed by atoms with E-state index in [0.29, 0.717) is 0 Å². The highest BCUT2D eigenvalue weighted by Crippen LogP contribution is 2.21. The summed E-state index contributed by atoms with van der Waals surface area (Å²) in [6.45, 7) is 0.830. The Kier molecular flexibility index (Phi) is 4.17. The lowest BCUT2D eigenvalue weighted by molar-refractivity contribution is 1.02. The van der Waals surface area contributed by atoms with E-state index < -0.39 is 0 Å². The Bertz CT molecular complexity index is 486. The molecule has 0 saturated carbocycles. The maximum atomic E-state index is 5.87. The lowest BCUT2D eigenvalue weighted by atomic mass is 10.3. The fraction of sp³-hybridized carbons (Fsp3) is 0.273. The summed E-state index contributed by atoms with van der Waals surface area (Å²) in [5.41, 5.74) is 0. The van der Waals surface area contributed by atoms with E-state index in [1.165, 1.54) is 11.2 Å². The molecule has 2 aromatic rings. The molecule has 17 heavy (non-hydrogen) atoms. The van der Waals surface area contributed by atoms with Gasteiger partial charge in [0, 0.05) is 24.5 Å². The van der Waals surface area contributed by atoms with Gasteiger partial charge < -0.3 is 10.6 Å². The monoisotopic (exact) mass is 268 g/mol. The van der Waals surface area contributed by atoms with Crippen LogP contribution in [0.2, 0.25) is 4.34 Å². The van der Waals surface area contributed by atoms with E-state index in [4.69, 9.17) is 11.6 Å². The second-order valence-electron chi connectivity index (χ2n) is 3.42. The molecule has 2 aromatic heterocycles. The van der Waals surface area contributed by atoms with E-state index in [1.54, 1.807) is 11.3 Å². The topological polar surface area (TPSA) is 49.8 Å². The van der Waals surface area contributed by atoms with Crippen molar-refractivity contribution >= 4 is 34.6 Å². The van der Waals surface area contributed by atoms with E-state index in [0.717, 1.165) is 28.9 Å². The predicted octanol–water partition coefficient (Wildman–Crippen LogP) is 2.89. The molecule has 0 radical (unpaired) electrons. The van der Waals surface area contributed by atoms with Crippen LogP contribution < -0.4 is 10.6 Å². The van der Waals surface area contributed by atoms with Crippen molar-refractivity contribution in [2.75, 3.05) is 24.2 Å². The standard InChI is InChI=1S/C11H13ClN4S/c1-13-10-6-11(16-7-15-10)14-5-4-8-2-3-9(12)17-8/h2-3,6-7H,4-5H2,1H3,(H2,13,14,15,16). The summed E-state index contributed by atoms with van der Waals surface area (Å²) in [7, 11) is 1.83. The highest BCUT2D eigenvalue weighted by atomic mass is 35.5. The average Bonchev–Trinajstić information content (AvgIpc) is 2.75. The second-order valence-corrected chi connectivity index (χ2v) is 5.22. The molecule has 0 fully saturated rings. The van der Waals surface area contributed by atoms with E-state index in [1.807, 2.05) is 25.2 Å². The van der Waals surface area contributed by atoms with Crippen molar-refractivity contribution in [3.8, 4) is 0 Å². The summed E-state index contributed by atoms with van der Waals surface area (Å²) < 4.78 is 0.833. The number of nitrogens with one attached hydrogen (secondary N) is 2. The van der Waals surface area contributed by atoms with Crippen molar-refractivity contribution in [1.82, 2.24) is 9.97 Å². The van der Waals surface area contributed by atoms with Gasteiger partial charge in [0.15, 0.2) is 0 Å². The van der Waals surface area contributed by atoms with Crippen LogP contribution in [0.15, 0.2) is 24.5 Å². The van der Waals surface area contributed by atoms with Gasteiger partial charge in [0.05, 0.1) is 4.34 Å². The maximum absolute atomic E-state index is 5.87. The van der Waals surface area contributed by atoms with Crippen molar-refractivity contribution in [1.29, 1.82) is 0 Å². The molecular weight excluding hydrogens is 256 g/mol.